The Labute approximate surface area is 225 Å². The molecule has 0 fully saturated rings. The molecular formula is C21H16Cl2N6O7S2. The number of anilines is 1. The molecule has 13 nitrogen and oxygen atoms in total. The maximum absolute atomic E-state index is 12.4. The minimum Gasteiger partial charge on any atom is -0.288 e. The van der Waals surface area contributed by atoms with Crippen LogP contribution in [0.5, 0.6) is 0 Å². The molecule has 0 saturated carbocycles. The van der Waals surface area contributed by atoms with Gasteiger partial charge in [0.2, 0.25) is 10.6 Å². The van der Waals surface area contributed by atoms with Gasteiger partial charge >= 0.3 is 0 Å². The lowest BCUT2D eigenvalue weighted by molar-refractivity contribution is 0.248. The highest BCUT2D eigenvalue weighted by Crippen LogP contribution is 2.43. The standard InChI is InChI=1S/C21H16Cl2N6O7S2/c1-11-14(7-4-8-15(11)37(31,32)33)27-28-18-16(38(34,35)36)9-12-5-2-3-6-13(12)19(18)29(30)10-17-24-20(22)26-21(23)25-17/h2-9,30H,10H2,1H3,(H,31,32,33)(H,34,35,36). The third kappa shape index (κ3) is 5.88. The molecule has 0 atom stereocenters. The summed E-state index contributed by atoms with van der Waals surface area (Å²) in [6, 6.07) is 11.3. The SMILES string of the molecule is Cc1c(N=Nc2c(S(=O)(=O)O)cc3ccccc3c2N(O)Cc2nc(Cl)nc(Cl)n2)cccc1S(=O)(=O)O. The van der Waals surface area contributed by atoms with Gasteiger partial charge in [-0.2, -0.15) is 26.9 Å². The van der Waals surface area contributed by atoms with Gasteiger partial charge in [0, 0.05) is 5.39 Å². The molecule has 0 aliphatic carbocycles. The zero-order valence-corrected chi connectivity index (χ0v) is 22.2. The summed E-state index contributed by atoms with van der Waals surface area (Å²) in [4.78, 5) is 10.2. The van der Waals surface area contributed by atoms with Crippen molar-refractivity contribution < 1.29 is 31.1 Å². The van der Waals surface area contributed by atoms with E-state index in [0.29, 0.717) is 15.8 Å². The van der Waals surface area contributed by atoms with E-state index in [1.807, 2.05) is 0 Å². The van der Waals surface area contributed by atoms with Crippen LogP contribution >= 0.6 is 23.2 Å². The Hall–Kier alpha value is -3.31. The molecule has 1 aromatic heterocycles. The molecule has 0 spiro atoms. The number of rotatable bonds is 7. The van der Waals surface area contributed by atoms with E-state index in [0.717, 1.165) is 12.1 Å². The Morgan fingerprint density at radius 2 is 1.50 bits per heavy atom. The first-order valence-electron chi connectivity index (χ1n) is 10.3. The number of nitrogens with zero attached hydrogens (tertiary/aromatic N) is 6. The third-order valence-corrected chi connectivity index (χ3v) is 7.41. The van der Waals surface area contributed by atoms with Crippen molar-refractivity contribution in [2.45, 2.75) is 23.3 Å². The minimum absolute atomic E-state index is 0.0184. The number of hydrogen-bond donors (Lipinski definition) is 3. The number of halogens is 2. The molecule has 4 rings (SSSR count). The largest absolute Gasteiger partial charge is 0.296 e. The van der Waals surface area contributed by atoms with Crippen molar-refractivity contribution >= 4 is 71.3 Å². The van der Waals surface area contributed by atoms with E-state index in [4.69, 9.17) is 23.2 Å². The molecule has 0 aliphatic heterocycles. The summed E-state index contributed by atoms with van der Waals surface area (Å²) in [5.41, 5.74) is -0.724. The van der Waals surface area contributed by atoms with E-state index in [2.05, 4.69) is 25.2 Å². The van der Waals surface area contributed by atoms with Crippen LogP contribution in [0.2, 0.25) is 10.6 Å². The van der Waals surface area contributed by atoms with Crippen LogP contribution in [0.3, 0.4) is 0 Å². The summed E-state index contributed by atoms with van der Waals surface area (Å²) in [5, 5.41) is 19.7. The van der Waals surface area contributed by atoms with Crippen molar-refractivity contribution in [2.75, 3.05) is 5.06 Å². The summed E-state index contributed by atoms with van der Waals surface area (Å²) in [7, 11) is -9.51. The van der Waals surface area contributed by atoms with Gasteiger partial charge in [-0.25, -0.2) is 15.0 Å². The zero-order valence-electron chi connectivity index (χ0n) is 19.1. The fourth-order valence-electron chi connectivity index (χ4n) is 3.59. The summed E-state index contributed by atoms with van der Waals surface area (Å²) in [6.45, 7) is 0.885. The Kier molecular flexibility index (Phi) is 7.62. The van der Waals surface area contributed by atoms with Gasteiger partial charge in [-0.1, -0.05) is 30.3 Å². The van der Waals surface area contributed by atoms with Crippen molar-refractivity contribution in [2.24, 2.45) is 10.2 Å². The first-order chi connectivity index (χ1) is 17.8. The summed E-state index contributed by atoms with van der Waals surface area (Å²) in [5.74, 6) is -0.0848. The number of fused-ring (bicyclic) bond motifs is 1. The van der Waals surface area contributed by atoms with Gasteiger partial charge in [-0.15, -0.1) is 5.11 Å². The van der Waals surface area contributed by atoms with Crippen molar-refractivity contribution in [1.82, 2.24) is 15.0 Å². The Morgan fingerprint density at radius 3 is 2.13 bits per heavy atom. The normalized spacial score (nSPS) is 12.4. The van der Waals surface area contributed by atoms with Crippen molar-refractivity contribution in [3.63, 3.8) is 0 Å². The molecule has 0 saturated heterocycles. The van der Waals surface area contributed by atoms with Crippen LogP contribution in [0.25, 0.3) is 10.8 Å². The average Bonchev–Trinajstić information content (AvgIpc) is 2.80. The Bertz CT molecular complexity index is 1800. The van der Waals surface area contributed by atoms with E-state index in [-0.39, 0.29) is 33.3 Å². The molecule has 0 radical (unpaired) electrons. The van der Waals surface area contributed by atoms with E-state index < -0.39 is 42.3 Å². The van der Waals surface area contributed by atoms with Crippen LogP contribution in [-0.2, 0) is 26.8 Å². The van der Waals surface area contributed by atoms with Gasteiger partial charge in [0.1, 0.15) is 22.8 Å². The number of benzene rings is 3. The molecule has 3 aromatic carbocycles. The highest BCUT2D eigenvalue weighted by Gasteiger charge is 2.26. The molecule has 17 heteroatoms. The number of azo groups is 1. The van der Waals surface area contributed by atoms with Crippen LogP contribution in [0.15, 0.2) is 68.6 Å². The Morgan fingerprint density at radius 1 is 0.868 bits per heavy atom. The summed E-state index contributed by atoms with van der Waals surface area (Å²) >= 11 is 11.6. The molecule has 0 bridgehead atoms. The van der Waals surface area contributed by atoms with Crippen LogP contribution in [0.4, 0.5) is 17.1 Å². The second kappa shape index (κ2) is 10.5. The van der Waals surface area contributed by atoms with Crippen LogP contribution < -0.4 is 5.06 Å². The van der Waals surface area contributed by atoms with Gasteiger partial charge in [-0.3, -0.25) is 14.3 Å². The second-order valence-corrected chi connectivity index (χ2v) is 11.1. The molecule has 0 unspecified atom stereocenters. The topological polar surface area (TPSA) is 196 Å². The molecule has 3 N–H and O–H groups in total. The molecule has 4 aromatic rings. The molecule has 198 valence electrons. The van der Waals surface area contributed by atoms with Gasteiger partial charge in [0.15, 0.2) is 5.82 Å². The number of hydroxylamine groups is 1. The maximum Gasteiger partial charge on any atom is 0.296 e. The second-order valence-electron chi connectivity index (χ2n) is 7.69. The highest BCUT2D eigenvalue weighted by atomic mass is 35.5. The molecule has 1 heterocycles. The van der Waals surface area contributed by atoms with Crippen molar-refractivity contribution in [1.29, 1.82) is 0 Å². The first kappa shape index (κ1) is 27.7. The summed E-state index contributed by atoms with van der Waals surface area (Å²) < 4.78 is 67.5. The predicted octanol–water partition coefficient (Wildman–Crippen LogP) is 4.94. The Balaban J connectivity index is 1.97. The van der Waals surface area contributed by atoms with E-state index in [9.17, 15) is 31.1 Å². The van der Waals surface area contributed by atoms with Crippen molar-refractivity contribution in [3.05, 3.63) is 70.5 Å². The van der Waals surface area contributed by atoms with Crippen LogP contribution in [-0.4, -0.2) is 46.1 Å². The highest BCUT2D eigenvalue weighted by molar-refractivity contribution is 7.86. The van der Waals surface area contributed by atoms with Crippen LogP contribution in [0, 0.1) is 6.92 Å². The van der Waals surface area contributed by atoms with Gasteiger partial charge in [0.05, 0.1) is 10.6 Å². The minimum atomic E-state index is -4.92. The monoisotopic (exact) mass is 598 g/mol. The quantitative estimate of drug-likeness (QED) is 0.148. The lowest BCUT2D eigenvalue weighted by Gasteiger charge is -2.21. The fraction of sp³-hybridized carbons (Fsp3) is 0.0952. The predicted molar refractivity (Wildman–Crippen MR) is 137 cm³/mol. The molecule has 0 amide bonds. The van der Waals surface area contributed by atoms with E-state index >= 15 is 0 Å². The smallest absolute Gasteiger partial charge is 0.288 e. The average molecular weight is 599 g/mol. The van der Waals surface area contributed by atoms with Gasteiger partial charge < -0.3 is 0 Å². The lowest BCUT2D eigenvalue weighted by atomic mass is 10.1. The van der Waals surface area contributed by atoms with E-state index in [1.165, 1.54) is 19.1 Å². The fourth-order valence-corrected chi connectivity index (χ4v) is 5.39. The van der Waals surface area contributed by atoms with Gasteiger partial charge in [-0.05, 0) is 59.3 Å². The first-order valence-corrected chi connectivity index (χ1v) is 13.9. The maximum atomic E-state index is 12.4. The number of aromatic nitrogens is 3. The lowest BCUT2D eigenvalue weighted by Crippen LogP contribution is -2.20. The summed E-state index contributed by atoms with van der Waals surface area (Å²) in [6.07, 6.45) is 0. The molecular weight excluding hydrogens is 583 g/mol. The van der Waals surface area contributed by atoms with Crippen molar-refractivity contribution in [3.8, 4) is 0 Å². The van der Waals surface area contributed by atoms with E-state index in [1.54, 1.807) is 24.3 Å². The number of hydrogen-bond acceptors (Lipinski definition) is 11. The zero-order chi connectivity index (χ0) is 27.8. The third-order valence-electron chi connectivity index (χ3n) is 5.21. The molecule has 38 heavy (non-hydrogen) atoms. The molecule has 0 aliphatic rings. The van der Waals surface area contributed by atoms with Crippen LogP contribution in [0.1, 0.15) is 11.4 Å². The van der Waals surface area contributed by atoms with Gasteiger partial charge in [0.25, 0.3) is 20.2 Å².